The van der Waals surface area contributed by atoms with Crippen LogP contribution in [0.15, 0.2) is 30.3 Å². The van der Waals surface area contributed by atoms with Crippen molar-refractivity contribution < 1.29 is 8.42 Å². The van der Waals surface area contributed by atoms with Crippen molar-refractivity contribution in [1.82, 2.24) is 4.72 Å². The lowest BCUT2D eigenvalue weighted by molar-refractivity contribution is 0.329. The second kappa shape index (κ2) is 4.10. The van der Waals surface area contributed by atoms with Crippen molar-refractivity contribution in [2.75, 3.05) is 0 Å². The van der Waals surface area contributed by atoms with Crippen LogP contribution in [0.2, 0.25) is 0 Å². The highest BCUT2D eigenvalue weighted by atomic mass is 32.2. The molecule has 0 spiro atoms. The highest BCUT2D eigenvalue weighted by Gasteiger charge is 2.47. The predicted molar refractivity (Wildman–Crippen MR) is 67.0 cm³/mol. The molecule has 17 heavy (non-hydrogen) atoms. The van der Waals surface area contributed by atoms with Gasteiger partial charge in [-0.25, -0.2) is 13.1 Å². The van der Waals surface area contributed by atoms with Crippen molar-refractivity contribution in [3.8, 4) is 0 Å². The van der Waals surface area contributed by atoms with E-state index in [0.717, 1.165) is 31.2 Å². The van der Waals surface area contributed by atoms with Gasteiger partial charge >= 0.3 is 0 Å². The van der Waals surface area contributed by atoms with Crippen LogP contribution in [-0.2, 0) is 10.0 Å². The first kappa shape index (κ1) is 11.2. The quantitative estimate of drug-likeness (QED) is 0.832. The summed E-state index contributed by atoms with van der Waals surface area (Å²) < 4.78 is 27.0. The van der Waals surface area contributed by atoms with Gasteiger partial charge in [0.2, 0.25) is 10.0 Å². The zero-order chi connectivity index (χ0) is 11.9. The molecular weight excluding hydrogens is 234 g/mol. The van der Waals surface area contributed by atoms with E-state index < -0.39 is 10.0 Å². The molecule has 4 heteroatoms. The lowest BCUT2D eigenvalue weighted by atomic mass is 9.81. The zero-order valence-corrected chi connectivity index (χ0v) is 10.5. The summed E-state index contributed by atoms with van der Waals surface area (Å²) in [6.45, 7) is 0. The molecule has 3 unspecified atom stereocenters. The topological polar surface area (TPSA) is 46.2 Å². The average Bonchev–Trinajstić information content (AvgIpc) is 2.64. The molecule has 2 fully saturated rings. The van der Waals surface area contributed by atoms with Crippen LogP contribution in [0.5, 0.6) is 0 Å². The minimum atomic E-state index is -3.09. The summed E-state index contributed by atoms with van der Waals surface area (Å²) in [5, 5.41) is -0.165. The summed E-state index contributed by atoms with van der Waals surface area (Å²) in [6.07, 6.45) is 4.05. The van der Waals surface area contributed by atoms with Crippen molar-refractivity contribution >= 4 is 10.0 Å². The Labute approximate surface area is 102 Å². The van der Waals surface area contributed by atoms with Crippen LogP contribution in [0.25, 0.3) is 0 Å². The molecule has 3 nitrogen and oxygen atoms in total. The van der Waals surface area contributed by atoms with E-state index >= 15 is 0 Å². The molecule has 0 radical (unpaired) electrons. The molecule has 1 N–H and O–H groups in total. The molecular formula is C13H17NO2S. The maximum Gasteiger partial charge on any atom is 0.215 e. The molecule has 0 bridgehead atoms. The summed E-state index contributed by atoms with van der Waals surface area (Å²) >= 11 is 0. The van der Waals surface area contributed by atoms with Gasteiger partial charge < -0.3 is 0 Å². The van der Waals surface area contributed by atoms with E-state index in [1.54, 1.807) is 0 Å². The van der Waals surface area contributed by atoms with Crippen molar-refractivity contribution in [1.29, 1.82) is 0 Å². The molecule has 3 rings (SSSR count). The number of hydrogen-bond acceptors (Lipinski definition) is 2. The second-order valence-electron chi connectivity index (χ2n) is 5.04. The largest absolute Gasteiger partial charge is 0.215 e. The SMILES string of the molecule is O=S1(=O)NC(c2ccccc2)C2CCCCC21. The summed E-state index contributed by atoms with van der Waals surface area (Å²) in [5.74, 6) is 0.260. The fourth-order valence-corrected chi connectivity index (χ4v) is 5.29. The third kappa shape index (κ3) is 1.89. The molecule has 3 atom stereocenters. The van der Waals surface area contributed by atoms with Crippen LogP contribution in [-0.4, -0.2) is 13.7 Å². The number of nitrogens with one attached hydrogen (secondary N) is 1. The van der Waals surface area contributed by atoms with Gasteiger partial charge in [0.1, 0.15) is 0 Å². The van der Waals surface area contributed by atoms with Gasteiger partial charge in [0.15, 0.2) is 0 Å². The van der Waals surface area contributed by atoms with Gasteiger partial charge in [0, 0.05) is 0 Å². The van der Waals surface area contributed by atoms with Gasteiger partial charge in [-0.1, -0.05) is 43.2 Å². The Kier molecular flexibility index (Phi) is 2.71. The standard InChI is InChI=1S/C13H17NO2S/c15-17(16)12-9-5-4-8-11(12)13(14-17)10-6-2-1-3-7-10/h1-3,6-7,11-14H,4-5,8-9H2. The fraction of sp³-hybridized carbons (Fsp3) is 0.538. The van der Waals surface area contributed by atoms with Crippen LogP contribution in [0.1, 0.15) is 37.3 Å². The first-order chi connectivity index (χ1) is 8.18. The van der Waals surface area contributed by atoms with E-state index in [1.165, 1.54) is 0 Å². The van der Waals surface area contributed by atoms with Crippen LogP contribution in [0.4, 0.5) is 0 Å². The van der Waals surface area contributed by atoms with Crippen LogP contribution in [0, 0.1) is 5.92 Å². The number of benzene rings is 1. The van der Waals surface area contributed by atoms with E-state index in [0.29, 0.717) is 0 Å². The molecule has 1 aliphatic carbocycles. The highest BCUT2D eigenvalue weighted by Crippen LogP contribution is 2.43. The van der Waals surface area contributed by atoms with Crippen LogP contribution < -0.4 is 4.72 Å². The van der Waals surface area contributed by atoms with Gasteiger partial charge in [0.05, 0.1) is 11.3 Å². The number of sulfonamides is 1. The van der Waals surface area contributed by atoms with Crippen molar-refractivity contribution in [3.05, 3.63) is 35.9 Å². The van der Waals surface area contributed by atoms with E-state index in [2.05, 4.69) is 4.72 Å². The average molecular weight is 251 g/mol. The molecule has 0 amide bonds. The van der Waals surface area contributed by atoms with Gasteiger partial charge in [-0.05, 0) is 24.3 Å². The Hall–Kier alpha value is -0.870. The number of hydrogen-bond donors (Lipinski definition) is 1. The smallest absolute Gasteiger partial charge is 0.212 e. The molecule has 1 saturated heterocycles. The normalized spacial score (nSPS) is 35.4. The Bertz CT molecular complexity index is 497. The van der Waals surface area contributed by atoms with Crippen molar-refractivity contribution in [2.24, 2.45) is 5.92 Å². The van der Waals surface area contributed by atoms with E-state index in [4.69, 9.17) is 0 Å². The second-order valence-corrected chi connectivity index (χ2v) is 6.97. The van der Waals surface area contributed by atoms with Crippen LogP contribution >= 0.6 is 0 Å². The van der Waals surface area contributed by atoms with Gasteiger partial charge in [-0.3, -0.25) is 0 Å². The molecule has 1 heterocycles. The summed E-state index contributed by atoms with van der Waals surface area (Å²) in [4.78, 5) is 0. The molecule has 1 saturated carbocycles. The van der Waals surface area contributed by atoms with Gasteiger partial charge in [-0.2, -0.15) is 0 Å². The van der Waals surface area contributed by atoms with Gasteiger partial charge in [-0.15, -0.1) is 0 Å². The zero-order valence-electron chi connectivity index (χ0n) is 9.67. The Morgan fingerprint density at radius 2 is 1.76 bits per heavy atom. The van der Waals surface area contributed by atoms with Crippen molar-refractivity contribution in [2.45, 2.75) is 37.0 Å². The summed E-state index contributed by atoms with van der Waals surface area (Å²) in [6, 6.07) is 9.94. The fourth-order valence-electron chi connectivity index (χ4n) is 3.22. The minimum absolute atomic E-state index is 0.00787. The molecule has 1 aliphatic heterocycles. The maximum absolute atomic E-state index is 12.1. The van der Waals surface area contributed by atoms with E-state index in [1.807, 2.05) is 30.3 Å². The molecule has 92 valence electrons. The molecule has 0 aromatic heterocycles. The third-order valence-electron chi connectivity index (χ3n) is 4.03. The lowest BCUT2D eigenvalue weighted by Gasteiger charge is -2.26. The summed E-state index contributed by atoms with van der Waals surface area (Å²) in [7, 11) is -3.09. The minimum Gasteiger partial charge on any atom is -0.212 e. The Morgan fingerprint density at radius 3 is 2.53 bits per heavy atom. The van der Waals surface area contributed by atoms with E-state index in [9.17, 15) is 8.42 Å². The monoisotopic (exact) mass is 251 g/mol. The predicted octanol–water partition coefficient (Wildman–Crippen LogP) is 2.22. The van der Waals surface area contributed by atoms with E-state index in [-0.39, 0.29) is 17.2 Å². The Balaban J connectivity index is 1.97. The third-order valence-corrected chi connectivity index (χ3v) is 6.00. The van der Waals surface area contributed by atoms with Crippen molar-refractivity contribution in [3.63, 3.8) is 0 Å². The van der Waals surface area contributed by atoms with Crippen LogP contribution in [0.3, 0.4) is 0 Å². The highest BCUT2D eigenvalue weighted by molar-refractivity contribution is 7.90. The Morgan fingerprint density at radius 1 is 1.06 bits per heavy atom. The van der Waals surface area contributed by atoms with Gasteiger partial charge in [0.25, 0.3) is 0 Å². The maximum atomic E-state index is 12.1. The first-order valence-corrected chi connectivity index (χ1v) is 7.79. The molecule has 1 aromatic carbocycles. The summed E-state index contributed by atoms with van der Waals surface area (Å²) in [5.41, 5.74) is 1.10. The molecule has 1 aromatic rings. The first-order valence-electron chi connectivity index (χ1n) is 6.24. The molecule has 2 aliphatic rings. The number of fused-ring (bicyclic) bond motifs is 1. The lowest BCUT2D eigenvalue weighted by Crippen LogP contribution is -2.27. The number of rotatable bonds is 1.